The first-order valence-electron chi connectivity index (χ1n) is 5.44. The molecule has 0 aromatic carbocycles. The minimum Gasteiger partial charge on any atom is -0.466 e. The Morgan fingerprint density at radius 3 is 2.88 bits per heavy atom. The Bertz CT molecular complexity index is 387. The van der Waals surface area contributed by atoms with Crippen LogP contribution in [-0.2, 0) is 20.8 Å². The number of hydrogen-bond acceptors (Lipinski definition) is 5. The third-order valence-electron chi connectivity index (χ3n) is 2.11. The van der Waals surface area contributed by atoms with Crippen molar-refractivity contribution in [3.8, 4) is 0 Å². The van der Waals surface area contributed by atoms with Gasteiger partial charge in [0.15, 0.2) is 5.69 Å². The lowest BCUT2D eigenvalue weighted by atomic mass is 10.3. The predicted octanol–water partition coefficient (Wildman–Crippen LogP) is 1.01. The van der Waals surface area contributed by atoms with Gasteiger partial charge in [0.2, 0.25) is 0 Å². The highest BCUT2D eigenvalue weighted by Crippen LogP contribution is 2.01. The smallest absolute Gasteiger partial charge is 0.358 e. The van der Waals surface area contributed by atoms with Crippen LogP contribution in [0.2, 0.25) is 0 Å². The molecule has 0 fully saturated rings. The average molecular weight is 240 g/mol. The fourth-order valence-corrected chi connectivity index (χ4v) is 1.32. The zero-order valence-electron chi connectivity index (χ0n) is 10.0. The second kappa shape index (κ2) is 6.67. The molecule has 0 saturated carbocycles. The number of nitrogens with zero attached hydrogens (tertiary/aromatic N) is 2. The van der Waals surface area contributed by atoms with Gasteiger partial charge >= 0.3 is 11.9 Å². The van der Waals surface area contributed by atoms with E-state index >= 15 is 0 Å². The van der Waals surface area contributed by atoms with Crippen molar-refractivity contribution in [2.45, 2.75) is 26.3 Å². The minimum absolute atomic E-state index is 0.215. The van der Waals surface area contributed by atoms with Gasteiger partial charge in [-0.25, -0.2) is 4.79 Å². The molecule has 0 N–H and O–H groups in total. The number of ether oxygens (including phenoxy) is 2. The molecule has 1 aromatic rings. The van der Waals surface area contributed by atoms with Crippen LogP contribution in [0.3, 0.4) is 0 Å². The van der Waals surface area contributed by atoms with Crippen molar-refractivity contribution < 1.29 is 19.1 Å². The molecule has 1 rings (SSSR count). The molecule has 0 spiro atoms. The molecular weight excluding hydrogens is 224 g/mol. The highest BCUT2D eigenvalue weighted by Gasteiger charge is 2.09. The summed E-state index contributed by atoms with van der Waals surface area (Å²) in [7, 11) is 1.31. The number of aryl methyl sites for hydroxylation is 1. The number of rotatable bonds is 6. The van der Waals surface area contributed by atoms with Crippen molar-refractivity contribution in [3.05, 3.63) is 18.0 Å². The Balaban J connectivity index is 2.35. The van der Waals surface area contributed by atoms with Gasteiger partial charge in [-0.1, -0.05) is 0 Å². The number of carbonyl (C=O) groups excluding carboxylic acids is 2. The summed E-state index contributed by atoms with van der Waals surface area (Å²) in [5.74, 6) is -0.679. The Morgan fingerprint density at radius 1 is 1.47 bits per heavy atom. The van der Waals surface area contributed by atoms with Crippen LogP contribution in [0.4, 0.5) is 0 Å². The molecule has 0 aliphatic carbocycles. The summed E-state index contributed by atoms with van der Waals surface area (Å²) in [4.78, 5) is 22.2. The van der Waals surface area contributed by atoms with Crippen molar-refractivity contribution >= 4 is 11.9 Å². The molecule has 6 heteroatoms. The predicted molar refractivity (Wildman–Crippen MR) is 59.4 cm³/mol. The summed E-state index contributed by atoms with van der Waals surface area (Å²) < 4.78 is 10.9. The first-order chi connectivity index (χ1) is 8.17. The lowest BCUT2D eigenvalue weighted by Gasteiger charge is -2.02. The Hall–Kier alpha value is -1.85. The zero-order chi connectivity index (χ0) is 12.7. The molecule has 6 nitrogen and oxygen atoms in total. The third-order valence-corrected chi connectivity index (χ3v) is 2.11. The molecule has 1 aromatic heterocycles. The highest BCUT2D eigenvalue weighted by atomic mass is 16.5. The maximum absolute atomic E-state index is 11.1. The standard InChI is InChI=1S/C11H16N2O4/c1-3-17-10(14)5-4-7-13-8-6-9(12-13)11(15)16-2/h6,8H,3-5,7H2,1-2H3. The monoisotopic (exact) mass is 240 g/mol. The summed E-state index contributed by atoms with van der Waals surface area (Å²) >= 11 is 0. The van der Waals surface area contributed by atoms with Gasteiger partial charge < -0.3 is 9.47 Å². The van der Waals surface area contributed by atoms with E-state index in [1.807, 2.05) is 0 Å². The number of hydrogen-bond donors (Lipinski definition) is 0. The van der Waals surface area contributed by atoms with Gasteiger partial charge in [0, 0.05) is 19.2 Å². The van der Waals surface area contributed by atoms with Crippen molar-refractivity contribution in [1.29, 1.82) is 0 Å². The van der Waals surface area contributed by atoms with Crippen LogP contribution in [0.5, 0.6) is 0 Å². The van der Waals surface area contributed by atoms with E-state index in [2.05, 4.69) is 9.84 Å². The average Bonchev–Trinajstić information content (AvgIpc) is 2.77. The van der Waals surface area contributed by atoms with E-state index in [1.165, 1.54) is 7.11 Å². The van der Waals surface area contributed by atoms with E-state index in [0.717, 1.165) is 0 Å². The van der Waals surface area contributed by atoms with E-state index in [1.54, 1.807) is 23.9 Å². The van der Waals surface area contributed by atoms with Crippen LogP contribution in [0.1, 0.15) is 30.3 Å². The molecular formula is C11H16N2O4. The largest absolute Gasteiger partial charge is 0.466 e. The highest BCUT2D eigenvalue weighted by molar-refractivity contribution is 5.86. The Labute approximate surface area is 99.5 Å². The third kappa shape index (κ3) is 4.26. The van der Waals surface area contributed by atoms with Gasteiger partial charge in [0.25, 0.3) is 0 Å². The maximum atomic E-state index is 11.1. The van der Waals surface area contributed by atoms with E-state index in [4.69, 9.17) is 4.74 Å². The molecule has 0 amide bonds. The van der Waals surface area contributed by atoms with Gasteiger partial charge in [-0.3, -0.25) is 9.48 Å². The number of esters is 2. The van der Waals surface area contributed by atoms with Crippen molar-refractivity contribution in [3.63, 3.8) is 0 Å². The minimum atomic E-state index is -0.464. The summed E-state index contributed by atoms with van der Waals surface area (Å²) in [5, 5.41) is 4.01. The summed E-state index contributed by atoms with van der Waals surface area (Å²) in [6, 6.07) is 1.58. The maximum Gasteiger partial charge on any atom is 0.358 e. The number of aromatic nitrogens is 2. The van der Waals surface area contributed by atoms with Gasteiger partial charge in [-0.05, 0) is 19.4 Å². The van der Waals surface area contributed by atoms with Crippen LogP contribution in [0, 0.1) is 0 Å². The second-order valence-electron chi connectivity index (χ2n) is 3.36. The Morgan fingerprint density at radius 2 is 2.24 bits per heavy atom. The lowest BCUT2D eigenvalue weighted by molar-refractivity contribution is -0.143. The van der Waals surface area contributed by atoms with E-state index < -0.39 is 5.97 Å². The molecule has 0 aliphatic heterocycles. The SMILES string of the molecule is CCOC(=O)CCCn1ccc(C(=O)OC)n1. The number of methoxy groups -OCH3 is 1. The summed E-state index contributed by atoms with van der Waals surface area (Å²) in [6.45, 7) is 2.73. The lowest BCUT2D eigenvalue weighted by Crippen LogP contribution is -2.08. The quantitative estimate of drug-likeness (QED) is 0.694. The van der Waals surface area contributed by atoms with Crippen molar-refractivity contribution in [1.82, 2.24) is 9.78 Å². The van der Waals surface area contributed by atoms with Gasteiger partial charge in [0.1, 0.15) is 0 Å². The Kier molecular flexibility index (Phi) is 5.19. The van der Waals surface area contributed by atoms with Crippen LogP contribution in [0.15, 0.2) is 12.3 Å². The van der Waals surface area contributed by atoms with Crippen LogP contribution >= 0.6 is 0 Å². The molecule has 0 saturated heterocycles. The first kappa shape index (κ1) is 13.2. The fraction of sp³-hybridized carbons (Fsp3) is 0.545. The second-order valence-corrected chi connectivity index (χ2v) is 3.36. The zero-order valence-corrected chi connectivity index (χ0v) is 10.0. The molecule has 17 heavy (non-hydrogen) atoms. The first-order valence-corrected chi connectivity index (χ1v) is 5.44. The number of carbonyl (C=O) groups is 2. The van der Waals surface area contributed by atoms with E-state index in [9.17, 15) is 9.59 Å². The van der Waals surface area contributed by atoms with Crippen molar-refractivity contribution in [2.24, 2.45) is 0 Å². The van der Waals surface area contributed by atoms with Crippen LogP contribution < -0.4 is 0 Å². The van der Waals surface area contributed by atoms with Crippen molar-refractivity contribution in [2.75, 3.05) is 13.7 Å². The molecule has 1 heterocycles. The topological polar surface area (TPSA) is 70.4 Å². The summed E-state index contributed by atoms with van der Waals surface area (Å²) in [5.41, 5.74) is 0.267. The van der Waals surface area contributed by atoms with E-state index in [-0.39, 0.29) is 11.7 Å². The molecule has 0 bridgehead atoms. The molecule has 0 aliphatic rings. The van der Waals surface area contributed by atoms with E-state index in [0.29, 0.717) is 26.0 Å². The molecule has 0 atom stereocenters. The molecule has 0 unspecified atom stereocenters. The molecule has 94 valence electrons. The normalized spacial score (nSPS) is 10.0. The fourth-order valence-electron chi connectivity index (χ4n) is 1.32. The molecule has 0 radical (unpaired) electrons. The van der Waals surface area contributed by atoms with Crippen LogP contribution in [-0.4, -0.2) is 35.4 Å². The van der Waals surface area contributed by atoms with Gasteiger partial charge in [0.05, 0.1) is 13.7 Å². The summed E-state index contributed by atoms with van der Waals surface area (Å²) in [6.07, 6.45) is 2.65. The van der Waals surface area contributed by atoms with Gasteiger partial charge in [-0.2, -0.15) is 5.10 Å². The van der Waals surface area contributed by atoms with Crippen LogP contribution in [0.25, 0.3) is 0 Å². The van der Waals surface area contributed by atoms with Gasteiger partial charge in [-0.15, -0.1) is 0 Å².